The lowest BCUT2D eigenvalue weighted by molar-refractivity contribution is 0.0854. The summed E-state index contributed by atoms with van der Waals surface area (Å²) < 4.78 is 10.7. The Hall–Kier alpha value is -0.940. The van der Waals surface area contributed by atoms with Crippen molar-refractivity contribution in [2.24, 2.45) is 5.92 Å². The Morgan fingerprint density at radius 2 is 2.22 bits per heavy atom. The van der Waals surface area contributed by atoms with Crippen LogP contribution in [0.15, 0.2) is 4.52 Å². The Bertz CT molecular complexity index is 348. The summed E-state index contributed by atoms with van der Waals surface area (Å²) in [5.41, 5.74) is 0. The molecule has 5 heteroatoms. The highest BCUT2D eigenvalue weighted by Gasteiger charge is 2.20. The van der Waals surface area contributed by atoms with Crippen molar-refractivity contribution in [2.45, 2.75) is 45.1 Å². The van der Waals surface area contributed by atoms with Crippen molar-refractivity contribution < 1.29 is 9.26 Å². The predicted octanol–water partition coefficient (Wildman–Crippen LogP) is 2.10. The molecule has 1 fully saturated rings. The van der Waals surface area contributed by atoms with Gasteiger partial charge in [-0.1, -0.05) is 18.5 Å². The van der Waals surface area contributed by atoms with E-state index in [1.54, 1.807) is 7.11 Å². The second-order valence-corrected chi connectivity index (χ2v) is 4.96. The van der Waals surface area contributed by atoms with E-state index < -0.39 is 0 Å². The van der Waals surface area contributed by atoms with Crippen molar-refractivity contribution in [2.75, 3.05) is 20.2 Å². The zero-order chi connectivity index (χ0) is 12.8. The van der Waals surface area contributed by atoms with Crippen LogP contribution in [-0.4, -0.2) is 30.3 Å². The Kier molecular flexibility index (Phi) is 5.13. The normalized spacial score (nSPS) is 19.0. The number of methoxy groups -OCH3 is 1. The summed E-state index contributed by atoms with van der Waals surface area (Å²) in [7, 11) is 1.70. The van der Waals surface area contributed by atoms with Gasteiger partial charge in [-0.05, 0) is 38.3 Å². The van der Waals surface area contributed by atoms with E-state index in [9.17, 15) is 0 Å². The van der Waals surface area contributed by atoms with Gasteiger partial charge in [-0.25, -0.2) is 0 Å². The van der Waals surface area contributed by atoms with Gasteiger partial charge in [0.05, 0.1) is 0 Å². The number of rotatable bonds is 6. The van der Waals surface area contributed by atoms with Crippen LogP contribution in [-0.2, 0) is 11.2 Å². The molecule has 0 aromatic carbocycles. The van der Waals surface area contributed by atoms with Gasteiger partial charge in [0.1, 0.15) is 6.10 Å². The second kappa shape index (κ2) is 6.85. The molecule has 1 unspecified atom stereocenters. The Balaban J connectivity index is 1.92. The lowest BCUT2D eigenvalue weighted by atomic mass is 9.95. The fourth-order valence-corrected chi connectivity index (χ4v) is 2.43. The van der Waals surface area contributed by atoms with Crippen LogP contribution in [0.1, 0.15) is 50.4 Å². The van der Waals surface area contributed by atoms with Crippen LogP contribution in [0.4, 0.5) is 0 Å². The molecular weight excluding hydrogens is 230 g/mol. The van der Waals surface area contributed by atoms with Crippen LogP contribution >= 0.6 is 0 Å². The molecule has 1 aromatic rings. The third kappa shape index (κ3) is 3.53. The summed E-state index contributed by atoms with van der Waals surface area (Å²) in [5.74, 6) is 2.13. The molecule has 2 rings (SSSR count). The van der Waals surface area contributed by atoms with E-state index in [4.69, 9.17) is 9.26 Å². The minimum absolute atomic E-state index is 0.0273. The monoisotopic (exact) mass is 253 g/mol. The van der Waals surface area contributed by atoms with Crippen molar-refractivity contribution in [3.63, 3.8) is 0 Å². The van der Waals surface area contributed by atoms with E-state index >= 15 is 0 Å². The third-order valence-corrected chi connectivity index (χ3v) is 3.53. The Labute approximate surface area is 108 Å². The number of hydrogen-bond acceptors (Lipinski definition) is 5. The molecule has 0 spiro atoms. The van der Waals surface area contributed by atoms with Gasteiger partial charge in [-0.3, -0.25) is 0 Å². The first-order valence-corrected chi connectivity index (χ1v) is 6.89. The molecule has 1 aliphatic rings. The van der Waals surface area contributed by atoms with Crippen LogP contribution in [0.3, 0.4) is 0 Å². The van der Waals surface area contributed by atoms with Crippen LogP contribution in [0, 0.1) is 5.92 Å². The minimum atomic E-state index is -0.0273. The van der Waals surface area contributed by atoms with Crippen LogP contribution < -0.4 is 5.32 Å². The second-order valence-electron chi connectivity index (χ2n) is 4.96. The first-order valence-electron chi connectivity index (χ1n) is 6.89. The summed E-state index contributed by atoms with van der Waals surface area (Å²) in [6, 6.07) is 0. The summed E-state index contributed by atoms with van der Waals surface area (Å²) >= 11 is 0. The first kappa shape index (κ1) is 13.5. The van der Waals surface area contributed by atoms with E-state index in [2.05, 4.69) is 22.4 Å². The lowest BCUT2D eigenvalue weighted by Crippen LogP contribution is -2.28. The van der Waals surface area contributed by atoms with E-state index in [0.717, 1.165) is 38.2 Å². The number of piperidine rings is 1. The average Bonchev–Trinajstić information content (AvgIpc) is 2.85. The van der Waals surface area contributed by atoms with Crippen molar-refractivity contribution in [3.8, 4) is 0 Å². The van der Waals surface area contributed by atoms with Crippen molar-refractivity contribution >= 4 is 0 Å². The minimum Gasteiger partial charge on any atom is -0.373 e. The molecule has 1 N–H and O–H groups in total. The van der Waals surface area contributed by atoms with E-state index in [-0.39, 0.29) is 6.10 Å². The maximum absolute atomic E-state index is 5.39. The molecule has 5 nitrogen and oxygen atoms in total. The molecule has 1 aliphatic heterocycles. The van der Waals surface area contributed by atoms with Crippen LogP contribution in [0.5, 0.6) is 0 Å². The summed E-state index contributed by atoms with van der Waals surface area (Å²) in [5, 5.41) is 7.41. The predicted molar refractivity (Wildman–Crippen MR) is 68.3 cm³/mol. The molecule has 0 aliphatic carbocycles. The maximum atomic E-state index is 5.39. The number of hydrogen-bond donors (Lipinski definition) is 1. The van der Waals surface area contributed by atoms with Gasteiger partial charge in [0, 0.05) is 13.5 Å². The molecule has 0 radical (unpaired) electrons. The van der Waals surface area contributed by atoms with Crippen LogP contribution in [0.2, 0.25) is 0 Å². The largest absolute Gasteiger partial charge is 0.373 e. The molecule has 0 amide bonds. The topological polar surface area (TPSA) is 60.2 Å². The smallest absolute Gasteiger partial charge is 0.227 e. The zero-order valence-corrected chi connectivity index (χ0v) is 11.3. The number of aromatic nitrogens is 2. The van der Waals surface area contributed by atoms with Crippen molar-refractivity contribution in [1.29, 1.82) is 0 Å². The van der Waals surface area contributed by atoms with Crippen LogP contribution in [0.25, 0.3) is 0 Å². The molecule has 1 saturated heterocycles. The van der Waals surface area contributed by atoms with Gasteiger partial charge in [0.2, 0.25) is 11.7 Å². The number of ether oxygens (including phenoxy) is 1. The van der Waals surface area contributed by atoms with Gasteiger partial charge < -0.3 is 14.6 Å². The average molecular weight is 253 g/mol. The van der Waals surface area contributed by atoms with E-state index in [1.165, 1.54) is 12.8 Å². The lowest BCUT2D eigenvalue weighted by Gasteiger charge is -2.20. The molecule has 1 atom stereocenters. The van der Waals surface area contributed by atoms with Crippen molar-refractivity contribution in [1.82, 2.24) is 15.5 Å². The first-order chi connectivity index (χ1) is 8.83. The maximum Gasteiger partial charge on any atom is 0.227 e. The fraction of sp³-hybridized carbons (Fsp3) is 0.846. The summed E-state index contributed by atoms with van der Waals surface area (Å²) in [4.78, 5) is 4.47. The Morgan fingerprint density at radius 1 is 1.44 bits per heavy atom. The summed E-state index contributed by atoms with van der Waals surface area (Å²) in [6.07, 6.45) is 5.25. The zero-order valence-electron chi connectivity index (χ0n) is 11.3. The van der Waals surface area contributed by atoms with Gasteiger partial charge in [0.25, 0.3) is 0 Å². The highest BCUT2D eigenvalue weighted by molar-refractivity contribution is 4.93. The van der Waals surface area contributed by atoms with Gasteiger partial charge in [0.15, 0.2) is 0 Å². The number of nitrogens with one attached hydrogen (secondary N) is 1. The van der Waals surface area contributed by atoms with E-state index in [1.807, 2.05) is 0 Å². The van der Waals surface area contributed by atoms with Crippen molar-refractivity contribution in [3.05, 3.63) is 11.7 Å². The molecule has 0 bridgehead atoms. The van der Waals surface area contributed by atoms with Gasteiger partial charge in [-0.15, -0.1) is 0 Å². The molecular formula is C13H23N3O2. The fourth-order valence-electron chi connectivity index (χ4n) is 2.43. The molecule has 0 saturated carbocycles. The standard InChI is InChI=1S/C13H23N3O2/c1-3-4-11(17-2)13-15-12(18-16-13)9-10-5-7-14-8-6-10/h10-11,14H,3-9H2,1-2H3. The third-order valence-electron chi connectivity index (χ3n) is 3.53. The highest BCUT2D eigenvalue weighted by atomic mass is 16.5. The SMILES string of the molecule is CCCC(OC)c1noc(CC2CCNCC2)n1. The molecule has 102 valence electrons. The quantitative estimate of drug-likeness (QED) is 0.841. The molecule has 1 aromatic heterocycles. The highest BCUT2D eigenvalue weighted by Crippen LogP contribution is 2.21. The van der Waals surface area contributed by atoms with E-state index in [0.29, 0.717) is 11.7 Å². The number of nitrogens with zero attached hydrogens (tertiary/aromatic N) is 2. The molecule has 18 heavy (non-hydrogen) atoms. The van der Waals surface area contributed by atoms with Gasteiger partial charge in [-0.2, -0.15) is 4.98 Å². The summed E-state index contributed by atoms with van der Waals surface area (Å²) in [6.45, 7) is 4.33. The molecule has 2 heterocycles. The van der Waals surface area contributed by atoms with Gasteiger partial charge >= 0.3 is 0 Å². The Morgan fingerprint density at radius 3 is 2.89 bits per heavy atom.